The van der Waals surface area contributed by atoms with E-state index in [1.165, 1.54) is 23.8 Å². The summed E-state index contributed by atoms with van der Waals surface area (Å²) in [6.07, 6.45) is 1.67. The van der Waals surface area contributed by atoms with E-state index in [2.05, 4.69) is 28.9 Å². The molecule has 1 unspecified atom stereocenters. The van der Waals surface area contributed by atoms with Crippen LogP contribution >= 0.6 is 0 Å². The summed E-state index contributed by atoms with van der Waals surface area (Å²) < 4.78 is 33.4. The predicted molar refractivity (Wildman–Crippen MR) is 157 cm³/mol. The first-order chi connectivity index (χ1) is 20.2. The maximum atomic E-state index is 13.9. The number of rotatable bonds is 13. The third-order valence-corrected chi connectivity index (χ3v) is 7.36. The fourth-order valence-corrected chi connectivity index (χ4v) is 5.14. The van der Waals surface area contributed by atoms with Gasteiger partial charge in [-0.1, -0.05) is 31.2 Å². The lowest BCUT2D eigenvalue weighted by Gasteiger charge is -2.25. The van der Waals surface area contributed by atoms with E-state index in [1.54, 1.807) is 19.1 Å². The second-order valence-corrected chi connectivity index (χ2v) is 10.9. The van der Waals surface area contributed by atoms with Crippen molar-refractivity contribution in [3.63, 3.8) is 0 Å². The van der Waals surface area contributed by atoms with Gasteiger partial charge in [-0.05, 0) is 85.2 Å². The summed E-state index contributed by atoms with van der Waals surface area (Å²) in [5.74, 6) is -2.30. The smallest absolute Gasteiger partial charge is 0.251 e. The summed E-state index contributed by atoms with van der Waals surface area (Å²) in [6, 6.07) is 15.2. The number of carbonyl (C=O) groups excluding carboxylic acids is 2. The molecule has 0 aliphatic carbocycles. The number of amides is 2. The van der Waals surface area contributed by atoms with Gasteiger partial charge in [0.15, 0.2) is 0 Å². The van der Waals surface area contributed by atoms with Crippen molar-refractivity contribution in [1.29, 1.82) is 0 Å². The van der Waals surface area contributed by atoms with Crippen LogP contribution in [0.3, 0.4) is 0 Å². The summed E-state index contributed by atoms with van der Waals surface area (Å²) in [4.78, 5) is 26.2. The van der Waals surface area contributed by atoms with E-state index in [1.807, 2.05) is 18.2 Å². The van der Waals surface area contributed by atoms with Crippen LogP contribution < -0.4 is 16.0 Å². The number of hydrogen-bond donors (Lipinski definition) is 4. The van der Waals surface area contributed by atoms with E-state index in [0.29, 0.717) is 36.4 Å². The molecule has 1 heterocycles. The highest BCUT2D eigenvalue weighted by molar-refractivity contribution is 6.00. The van der Waals surface area contributed by atoms with Crippen LogP contribution in [0.15, 0.2) is 60.7 Å². The molecular formula is C33H39F2N3O4. The minimum Gasteiger partial charge on any atom is -0.390 e. The second kappa shape index (κ2) is 15.0. The van der Waals surface area contributed by atoms with Gasteiger partial charge in [-0.2, -0.15) is 0 Å². The Hall–Kier alpha value is -3.66. The molecule has 1 aliphatic rings. The molecule has 4 N–H and O–H groups in total. The number of carbonyl (C=O) groups is 2. The first-order valence-corrected chi connectivity index (χ1v) is 14.4. The van der Waals surface area contributed by atoms with E-state index in [4.69, 9.17) is 4.74 Å². The predicted octanol–water partition coefficient (Wildman–Crippen LogP) is 4.24. The standard InChI is InChI=1S/C33H39F2N3O4/c1-3-22-6-4-7-23(12-22)18-36-20-31(39)30(15-24-13-27(34)17-28(35)14-24)38-33(41)26-11-21(2)10-25(16-26)32(40)37-19-29-8-5-9-42-29/h4,6-7,10-14,16-17,29-31,36,39H,3,5,8-9,15,18-20H2,1-2H3,(H,37,40)(H,38,41)/t29?,30-,31+/m0/s1. The number of aryl methyl sites for hydroxylation is 2. The zero-order valence-corrected chi connectivity index (χ0v) is 24.1. The lowest BCUT2D eigenvalue weighted by atomic mass is 9.99. The molecule has 2 amide bonds. The number of aliphatic hydroxyl groups is 1. The third kappa shape index (κ3) is 9.17. The van der Waals surface area contributed by atoms with Crippen molar-refractivity contribution in [2.45, 2.75) is 64.3 Å². The topological polar surface area (TPSA) is 99.7 Å². The van der Waals surface area contributed by atoms with Gasteiger partial charge in [0.2, 0.25) is 0 Å². The Morgan fingerprint density at radius 3 is 2.38 bits per heavy atom. The van der Waals surface area contributed by atoms with E-state index in [9.17, 15) is 23.5 Å². The Bertz CT molecular complexity index is 1360. The number of hydrogen-bond acceptors (Lipinski definition) is 5. The Morgan fingerprint density at radius 1 is 0.976 bits per heavy atom. The maximum absolute atomic E-state index is 13.9. The van der Waals surface area contributed by atoms with Crippen LogP contribution in [0.4, 0.5) is 8.78 Å². The lowest BCUT2D eigenvalue weighted by Crippen LogP contribution is -2.48. The molecule has 42 heavy (non-hydrogen) atoms. The third-order valence-electron chi connectivity index (χ3n) is 7.36. The molecule has 3 atom stereocenters. The van der Waals surface area contributed by atoms with E-state index in [0.717, 1.165) is 30.9 Å². The van der Waals surface area contributed by atoms with Crippen LogP contribution in [0.25, 0.3) is 0 Å². The molecule has 1 aliphatic heterocycles. The van der Waals surface area contributed by atoms with Crippen molar-refractivity contribution < 1.29 is 28.2 Å². The van der Waals surface area contributed by atoms with E-state index >= 15 is 0 Å². The molecule has 1 fully saturated rings. The molecule has 224 valence electrons. The second-order valence-electron chi connectivity index (χ2n) is 10.9. The number of benzene rings is 3. The molecule has 0 saturated carbocycles. The highest BCUT2D eigenvalue weighted by Crippen LogP contribution is 2.16. The molecule has 1 saturated heterocycles. The number of halogens is 2. The molecule has 4 rings (SSSR count). The van der Waals surface area contributed by atoms with E-state index < -0.39 is 29.7 Å². The Labute approximate surface area is 245 Å². The SMILES string of the molecule is CCc1cccc(CNC[C@@H](O)[C@H](Cc2cc(F)cc(F)c2)NC(=O)c2cc(C)cc(C(=O)NCC3CCCO3)c2)c1. The van der Waals surface area contributed by atoms with Gasteiger partial charge in [0.25, 0.3) is 11.8 Å². The largest absolute Gasteiger partial charge is 0.390 e. The molecule has 0 spiro atoms. The van der Waals surface area contributed by atoms with Gasteiger partial charge in [-0.15, -0.1) is 0 Å². The van der Waals surface area contributed by atoms with Gasteiger partial charge in [-0.25, -0.2) is 8.78 Å². The van der Waals surface area contributed by atoms with Crippen molar-refractivity contribution in [3.8, 4) is 0 Å². The summed E-state index contributed by atoms with van der Waals surface area (Å²) >= 11 is 0. The summed E-state index contributed by atoms with van der Waals surface area (Å²) in [7, 11) is 0. The van der Waals surface area contributed by atoms with Crippen LogP contribution in [-0.4, -0.2) is 54.9 Å². The minimum atomic E-state index is -1.08. The monoisotopic (exact) mass is 579 g/mol. The average molecular weight is 580 g/mol. The lowest BCUT2D eigenvalue weighted by molar-refractivity contribution is 0.0829. The van der Waals surface area contributed by atoms with Crippen LogP contribution in [0.2, 0.25) is 0 Å². The first-order valence-electron chi connectivity index (χ1n) is 14.4. The fraction of sp³-hybridized carbons (Fsp3) is 0.394. The number of nitrogens with one attached hydrogen (secondary N) is 3. The van der Waals surface area contributed by atoms with Crippen LogP contribution in [0, 0.1) is 18.6 Å². The maximum Gasteiger partial charge on any atom is 0.251 e. The zero-order valence-electron chi connectivity index (χ0n) is 24.1. The van der Waals surface area contributed by atoms with Crippen molar-refractivity contribution in [3.05, 3.63) is 106 Å². The van der Waals surface area contributed by atoms with Gasteiger partial charge >= 0.3 is 0 Å². The van der Waals surface area contributed by atoms with Gasteiger partial charge in [0, 0.05) is 43.4 Å². The summed E-state index contributed by atoms with van der Waals surface area (Å²) in [6.45, 7) is 5.57. The molecule has 3 aromatic carbocycles. The van der Waals surface area contributed by atoms with Crippen LogP contribution in [0.5, 0.6) is 0 Å². The molecular weight excluding hydrogens is 540 g/mol. The van der Waals surface area contributed by atoms with Gasteiger partial charge in [0.05, 0.1) is 18.2 Å². The van der Waals surface area contributed by atoms with Gasteiger partial charge in [-0.3, -0.25) is 9.59 Å². The molecule has 7 nitrogen and oxygen atoms in total. The Morgan fingerprint density at radius 2 is 1.69 bits per heavy atom. The first kappa shape index (κ1) is 31.3. The highest BCUT2D eigenvalue weighted by atomic mass is 19.1. The highest BCUT2D eigenvalue weighted by Gasteiger charge is 2.24. The van der Waals surface area contributed by atoms with Crippen molar-refractivity contribution >= 4 is 11.8 Å². The van der Waals surface area contributed by atoms with Gasteiger partial charge < -0.3 is 25.8 Å². The molecule has 3 aromatic rings. The van der Waals surface area contributed by atoms with Crippen LogP contribution in [-0.2, 0) is 24.1 Å². The van der Waals surface area contributed by atoms with Crippen molar-refractivity contribution in [2.24, 2.45) is 0 Å². The quantitative estimate of drug-likeness (QED) is 0.243. The van der Waals surface area contributed by atoms with Crippen LogP contribution in [0.1, 0.15) is 62.7 Å². The summed E-state index contributed by atoms with van der Waals surface area (Å²) in [5, 5.41) is 20.0. The van der Waals surface area contributed by atoms with Crippen molar-refractivity contribution in [2.75, 3.05) is 19.7 Å². The number of aliphatic hydroxyl groups excluding tert-OH is 1. The fourth-order valence-electron chi connectivity index (χ4n) is 5.14. The minimum absolute atomic E-state index is 0.00483. The molecule has 9 heteroatoms. The zero-order chi connectivity index (χ0) is 30.1. The average Bonchev–Trinajstić information content (AvgIpc) is 3.48. The molecule has 0 bridgehead atoms. The van der Waals surface area contributed by atoms with E-state index in [-0.39, 0.29) is 30.5 Å². The van der Waals surface area contributed by atoms with Crippen molar-refractivity contribution in [1.82, 2.24) is 16.0 Å². The normalized spacial score (nSPS) is 16.2. The molecule has 0 radical (unpaired) electrons. The Balaban J connectivity index is 1.46. The summed E-state index contributed by atoms with van der Waals surface area (Å²) in [5.41, 5.74) is 3.84. The Kier molecular flexibility index (Phi) is 11.2. The molecule has 0 aromatic heterocycles. The number of ether oxygens (including phenoxy) is 1. The van der Waals surface area contributed by atoms with Gasteiger partial charge in [0.1, 0.15) is 11.6 Å².